The molecule has 2 N–H and O–H groups in total. The van der Waals surface area contributed by atoms with Gasteiger partial charge in [-0.2, -0.15) is 0 Å². The molecule has 2 fully saturated rings. The van der Waals surface area contributed by atoms with E-state index in [9.17, 15) is 9.59 Å². The van der Waals surface area contributed by atoms with E-state index >= 15 is 0 Å². The summed E-state index contributed by atoms with van der Waals surface area (Å²) in [7, 11) is 0. The van der Waals surface area contributed by atoms with Crippen molar-refractivity contribution >= 4 is 12.0 Å². The van der Waals surface area contributed by atoms with Gasteiger partial charge in [-0.25, -0.2) is 4.79 Å². The van der Waals surface area contributed by atoms with Crippen LogP contribution in [0.5, 0.6) is 0 Å². The second-order valence-electron chi connectivity index (χ2n) is 5.22. The molecule has 7 nitrogen and oxygen atoms in total. The van der Waals surface area contributed by atoms with E-state index < -0.39 is 5.97 Å². The van der Waals surface area contributed by atoms with Crippen LogP contribution in [0.25, 0.3) is 0 Å². The van der Waals surface area contributed by atoms with E-state index in [1.165, 1.54) is 0 Å². The molecule has 2 amide bonds. The van der Waals surface area contributed by atoms with Gasteiger partial charge in [0.15, 0.2) is 0 Å². The molecular formula is C13H22N2O5. The minimum atomic E-state index is -0.918. The van der Waals surface area contributed by atoms with Crippen molar-refractivity contribution in [3.63, 3.8) is 0 Å². The molecule has 0 spiro atoms. The minimum Gasteiger partial charge on any atom is -0.481 e. The first-order chi connectivity index (χ1) is 9.60. The molecule has 0 bridgehead atoms. The molecule has 1 heterocycles. The molecule has 1 aliphatic carbocycles. The molecule has 20 heavy (non-hydrogen) atoms. The summed E-state index contributed by atoms with van der Waals surface area (Å²) in [6.07, 6.45) is 1.81. The number of carboxylic acid groups (broad SMARTS) is 1. The van der Waals surface area contributed by atoms with Gasteiger partial charge in [0, 0.05) is 19.2 Å². The van der Waals surface area contributed by atoms with Crippen molar-refractivity contribution in [3.05, 3.63) is 0 Å². The Labute approximate surface area is 118 Å². The summed E-state index contributed by atoms with van der Waals surface area (Å²) in [6.45, 7) is 3.82. The highest BCUT2D eigenvalue weighted by molar-refractivity contribution is 5.76. The van der Waals surface area contributed by atoms with Gasteiger partial charge in [-0.15, -0.1) is 0 Å². The fraction of sp³-hybridized carbons (Fsp3) is 0.846. The van der Waals surface area contributed by atoms with Gasteiger partial charge >= 0.3 is 12.0 Å². The number of rotatable bonds is 5. The Bertz CT molecular complexity index is 357. The molecule has 0 aromatic rings. The van der Waals surface area contributed by atoms with Crippen molar-refractivity contribution in [1.82, 2.24) is 10.2 Å². The highest BCUT2D eigenvalue weighted by Crippen LogP contribution is 2.23. The summed E-state index contributed by atoms with van der Waals surface area (Å²) < 4.78 is 10.7. The van der Waals surface area contributed by atoms with Crippen LogP contribution in [-0.4, -0.2) is 66.6 Å². The van der Waals surface area contributed by atoms with Gasteiger partial charge in [0.25, 0.3) is 0 Å². The first-order valence-corrected chi connectivity index (χ1v) is 7.08. The fourth-order valence-electron chi connectivity index (χ4n) is 2.61. The molecule has 7 heteroatoms. The standard InChI is InChI=1S/C13H22N2O5/c1-2-20-11-5-9(6-11)14-13(18)15-3-4-19-8-10(15)7-12(16)17/h9-11H,2-8H2,1H3,(H,14,18)(H,16,17). The van der Waals surface area contributed by atoms with Crippen LogP contribution < -0.4 is 5.32 Å². The maximum atomic E-state index is 12.2. The molecule has 1 unspecified atom stereocenters. The van der Waals surface area contributed by atoms with Crippen LogP contribution in [0.3, 0.4) is 0 Å². The number of amides is 2. The van der Waals surface area contributed by atoms with E-state index in [0.29, 0.717) is 19.8 Å². The Hall–Kier alpha value is -1.34. The Balaban J connectivity index is 1.79. The van der Waals surface area contributed by atoms with Crippen molar-refractivity contribution in [2.45, 2.75) is 44.4 Å². The Morgan fingerprint density at radius 2 is 2.20 bits per heavy atom. The summed E-state index contributed by atoms with van der Waals surface area (Å²) in [6, 6.07) is -0.448. The van der Waals surface area contributed by atoms with Crippen molar-refractivity contribution in [1.29, 1.82) is 0 Å². The van der Waals surface area contributed by atoms with E-state index in [2.05, 4.69) is 5.32 Å². The highest BCUT2D eigenvalue weighted by atomic mass is 16.5. The van der Waals surface area contributed by atoms with Gasteiger partial charge in [-0.05, 0) is 19.8 Å². The largest absolute Gasteiger partial charge is 0.481 e. The van der Waals surface area contributed by atoms with Gasteiger partial charge in [0.2, 0.25) is 0 Å². The van der Waals surface area contributed by atoms with Crippen LogP contribution in [-0.2, 0) is 14.3 Å². The fourth-order valence-corrected chi connectivity index (χ4v) is 2.61. The molecule has 0 aromatic heterocycles. The highest BCUT2D eigenvalue weighted by Gasteiger charge is 2.34. The van der Waals surface area contributed by atoms with Gasteiger partial charge in [-0.3, -0.25) is 4.79 Å². The Morgan fingerprint density at radius 1 is 1.45 bits per heavy atom. The number of nitrogens with one attached hydrogen (secondary N) is 1. The lowest BCUT2D eigenvalue weighted by Gasteiger charge is -2.39. The summed E-state index contributed by atoms with van der Waals surface area (Å²) in [5.74, 6) is -0.918. The van der Waals surface area contributed by atoms with Crippen LogP contribution >= 0.6 is 0 Å². The number of nitrogens with zero attached hydrogens (tertiary/aromatic N) is 1. The third kappa shape index (κ3) is 3.83. The number of carboxylic acids is 1. The molecule has 1 atom stereocenters. The number of carbonyl (C=O) groups is 2. The first-order valence-electron chi connectivity index (χ1n) is 7.08. The Kier molecular flexibility index (Phi) is 5.19. The predicted octanol–water partition coefficient (Wildman–Crippen LogP) is 0.439. The third-order valence-electron chi connectivity index (χ3n) is 3.72. The van der Waals surface area contributed by atoms with E-state index in [4.69, 9.17) is 14.6 Å². The number of urea groups is 1. The quantitative estimate of drug-likeness (QED) is 0.765. The lowest BCUT2D eigenvalue weighted by Crippen LogP contribution is -2.57. The second kappa shape index (κ2) is 6.90. The van der Waals surface area contributed by atoms with Crippen LogP contribution in [0.2, 0.25) is 0 Å². The normalized spacial score (nSPS) is 29.6. The molecule has 114 valence electrons. The van der Waals surface area contributed by atoms with Crippen molar-refractivity contribution in [2.75, 3.05) is 26.4 Å². The summed E-state index contributed by atoms with van der Waals surface area (Å²) >= 11 is 0. The monoisotopic (exact) mass is 286 g/mol. The van der Waals surface area contributed by atoms with Gasteiger partial charge < -0.3 is 24.8 Å². The number of morpholine rings is 1. The summed E-state index contributed by atoms with van der Waals surface area (Å²) in [5.41, 5.74) is 0. The number of hydrogen-bond acceptors (Lipinski definition) is 4. The van der Waals surface area contributed by atoms with Gasteiger partial charge in [0.1, 0.15) is 0 Å². The zero-order valence-corrected chi connectivity index (χ0v) is 11.7. The van der Waals surface area contributed by atoms with Crippen LogP contribution in [0, 0.1) is 0 Å². The van der Waals surface area contributed by atoms with Crippen molar-refractivity contribution in [2.24, 2.45) is 0 Å². The number of hydrogen-bond donors (Lipinski definition) is 2. The average molecular weight is 286 g/mol. The number of carbonyl (C=O) groups excluding carboxylic acids is 1. The zero-order chi connectivity index (χ0) is 14.5. The molecule has 1 saturated heterocycles. The van der Waals surface area contributed by atoms with Gasteiger partial charge in [0.05, 0.1) is 31.8 Å². The van der Waals surface area contributed by atoms with Gasteiger partial charge in [-0.1, -0.05) is 0 Å². The van der Waals surface area contributed by atoms with E-state index in [-0.39, 0.29) is 37.2 Å². The van der Waals surface area contributed by atoms with E-state index in [1.807, 2.05) is 6.92 Å². The molecule has 2 rings (SSSR count). The maximum absolute atomic E-state index is 12.2. The van der Waals surface area contributed by atoms with E-state index in [0.717, 1.165) is 12.8 Å². The lowest BCUT2D eigenvalue weighted by atomic mass is 9.89. The SMILES string of the molecule is CCOC1CC(NC(=O)N2CCOCC2CC(=O)O)C1. The maximum Gasteiger partial charge on any atom is 0.318 e. The number of ether oxygens (including phenoxy) is 2. The van der Waals surface area contributed by atoms with Crippen LogP contribution in [0.15, 0.2) is 0 Å². The molecular weight excluding hydrogens is 264 g/mol. The smallest absolute Gasteiger partial charge is 0.318 e. The van der Waals surface area contributed by atoms with Crippen LogP contribution in [0.1, 0.15) is 26.2 Å². The average Bonchev–Trinajstić information content (AvgIpc) is 2.36. The minimum absolute atomic E-state index is 0.0837. The molecule has 1 saturated carbocycles. The van der Waals surface area contributed by atoms with Crippen LogP contribution in [0.4, 0.5) is 4.79 Å². The summed E-state index contributed by atoms with van der Waals surface area (Å²) in [5, 5.41) is 11.8. The molecule has 0 radical (unpaired) electrons. The number of aliphatic carboxylic acids is 1. The predicted molar refractivity (Wildman–Crippen MR) is 70.5 cm³/mol. The first kappa shape index (κ1) is 15.1. The van der Waals surface area contributed by atoms with Crippen molar-refractivity contribution < 1.29 is 24.2 Å². The van der Waals surface area contributed by atoms with E-state index in [1.54, 1.807) is 4.90 Å². The lowest BCUT2D eigenvalue weighted by molar-refractivity contribution is -0.139. The summed E-state index contributed by atoms with van der Waals surface area (Å²) in [4.78, 5) is 24.6. The zero-order valence-electron chi connectivity index (χ0n) is 11.7. The second-order valence-corrected chi connectivity index (χ2v) is 5.22. The third-order valence-corrected chi connectivity index (χ3v) is 3.72. The van der Waals surface area contributed by atoms with Crippen molar-refractivity contribution in [3.8, 4) is 0 Å². The Morgan fingerprint density at radius 3 is 2.85 bits per heavy atom. The molecule has 0 aromatic carbocycles. The molecule has 1 aliphatic heterocycles. The topological polar surface area (TPSA) is 88.1 Å². The molecule has 2 aliphatic rings.